The fourth-order valence-corrected chi connectivity index (χ4v) is 4.73. The van der Waals surface area contributed by atoms with E-state index in [0.717, 1.165) is 26.3 Å². The molecule has 0 fully saturated rings. The van der Waals surface area contributed by atoms with Crippen LogP contribution >= 0.6 is 0 Å². The number of halogens is 1. The zero-order chi connectivity index (χ0) is 27.1. The number of hydrogen-bond donors (Lipinski definition) is 1. The topological polar surface area (TPSA) is 90.0 Å². The molecule has 8 nitrogen and oxygen atoms in total. The number of rotatable bonds is 11. The molecule has 0 heterocycles. The second-order valence-electron chi connectivity index (χ2n) is 9.76. The van der Waals surface area contributed by atoms with Gasteiger partial charge in [-0.1, -0.05) is 37.3 Å². The van der Waals surface area contributed by atoms with E-state index in [9.17, 15) is 22.4 Å². The van der Waals surface area contributed by atoms with E-state index < -0.39 is 40.1 Å². The Hall–Kier alpha value is -2.98. The predicted molar refractivity (Wildman–Crippen MR) is 140 cm³/mol. The van der Waals surface area contributed by atoms with Crippen LogP contribution in [0.2, 0.25) is 0 Å². The summed E-state index contributed by atoms with van der Waals surface area (Å²) < 4.78 is 41.7. The lowest BCUT2D eigenvalue weighted by molar-refractivity contribution is -0.140. The Kier molecular flexibility index (Phi) is 10.0. The number of anilines is 1. The largest absolute Gasteiger partial charge is 0.350 e. The van der Waals surface area contributed by atoms with E-state index in [0.29, 0.717) is 12.8 Å². The van der Waals surface area contributed by atoms with Crippen LogP contribution in [0, 0.1) is 5.82 Å². The molecular formula is C26H37FN4O4S. The monoisotopic (exact) mass is 520 g/mol. The Balaban J connectivity index is 2.44. The molecule has 10 heteroatoms. The molecule has 2 amide bonds. The van der Waals surface area contributed by atoms with Crippen molar-refractivity contribution in [2.45, 2.75) is 52.1 Å². The summed E-state index contributed by atoms with van der Waals surface area (Å²) in [7, 11) is -1.37. The number of hydrogen-bond acceptors (Lipinski definition) is 4. The number of nitrogens with zero attached hydrogens (tertiary/aromatic N) is 3. The van der Waals surface area contributed by atoms with Gasteiger partial charge in [0.2, 0.25) is 11.8 Å². The summed E-state index contributed by atoms with van der Waals surface area (Å²) in [5.41, 5.74) is 0.624. The van der Waals surface area contributed by atoms with Crippen LogP contribution in [0.3, 0.4) is 0 Å². The zero-order valence-electron chi connectivity index (χ0n) is 21.9. The molecule has 0 saturated carbocycles. The van der Waals surface area contributed by atoms with Crippen molar-refractivity contribution in [1.82, 2.24) is 14.5 Å². The van der Waals surface area contributed by atoms with Crippen molar-refractivity contribution in [3.05, 3.63) is 66.0 Å². The molecule has 2 rings (SSSR count). The summed E-state index contributed by atoms with van der Waals surface area (Å²) in [6, 6.07) is 13.6. The first kappa shape index (κ1) is 29.3. The van der Waals surface area contributed by atoms with E-state index >= 15 is 0 Å². The fraction of sp³-hybridized carbons (Fsp3) is 0.462. The standard InChI is InChI=1S/C26H37FN4O4S/c1-7-23(25(33)28-26(2,3)4)30(18-17-20-11-9-8-10-12-20)24(32)19-31(36(34,35)29(5)6)22-15-13-21(27)14-16-22/h8-16,23H,7,17-19H2,1-6H3,(H,28,33)/t23-/m0/s1. The Morgan fingerprint density at radius 1 is 1.00 bits per heavy atom. The maximum absolute atomic E-state index is 13.7. The van der Waals surface area contributed by atoms with Gasteiger partial charge < -0.3 is 10.2 Å². The van der Waals surface area contributed by atoms with Gasteiger partial charge in [0.05, 0.1) is 5.69 Å². The smallest absolute Gasteiger partial charge is 0.304 e. The summed E-state index contributed by atoms with van der Waals surface area (Å²) in [5.74, 6) is -1.37. The molecule has 198 valence electrons. The lowest BCUT2D eigenvalue weighted by Gasteiger charge is -2.35. The number of amides is 2. The maximum Gasteiger partial charge on any atom is 0.304 e. The second kappa shape index (κ2) is 12.3. The van der Waals surface area contributed by atoms with Gasteiger partial charge in [0.25, 0.3) is 0 Å². The molecule has 0 aliphatic carbocycles. The predicted octanol–water partition coefficient (Wildman–Crippen LogP) is 3.20. The Bertz CT molecular complexity index is 1120. The van der Waals surface area contributed by atoms with Crippen LogP contribution in [0.1, 0.15) is 39.7 Å². The second-order valence-corrected chi connectivity index (χ2v) is 11.8. The Morgan fingerprint density at radius 2 is 1.58 bits per heavy atom. The van der Waals surface area contributed by atoms with Crippen molar-refractivity contribution in [2.75, 3.05) is 31.5 Å². The highest BCUT2D eigenvalue weighted by molar-refractivity contribution is 7.90. The third kappa shape index (κ3) is 8.03. The van der Waals surface area contributed by atoms with Crippen molar-refractivity contribution in [1.29, 1.82) is 0 Å². The van der Waals surface area contributed by atoms with Crippen LogP contribution in [-0.2, 0) is 26.2 Å². The molecule has 0 aliphatic rings. The summed E-state index contributed by atoms with van der Waals surface area (Å²) in [4.78, 5) is 28.3. The first-order chi connectivity index (χ1) is 16.8. The van der Waals surface area contributed by atoms with Gasteiger partial charge in [-0.3, -0.25) is 9.59 Å². The molecule has 0 saturated heterocycles. The molecule has 0 radical (unpaired) electrons. The first-order valence-corrected chi connectivity index (χ1v) is 13.3. The molecule has 0 aromatic heterocycles. The van der Waals surface area contributed by atoms with Crippen LogP contribution in [0.15, 0.2) is 54.6 Å². The zero-order valence-corrected chi connectivity index (χ0v) is 22.7. The quantitative estimate of drug-likeness (QED) is 0.493. The number of nitrogens with one attached hydrogen (secondary N) is 1. The third-order valence-electron chi connectivity index (χ3n) is 5.50. The van der Waals surface area contributed by atoms with Crippen molar-refractivity contribution in [3.8, 4) is 0 Å². The Morgan fingerprint density at radius 3 is 2.08 bits per heavy atom. The average Bonchev–Trinajstić information content (AvgIpc) is 2.80. The SMILES string of the molecule is CC[C@@H](C(=O)NC(C)(C)C)N(CCc1ccccc1)C(=O)CN(c1ccc(F)cc1)S(=O)(=O)N(C)C. The molecule has 2 aromatic rings. The van der Waals surface area contributed by atoms with Gasteiger partial charge in [-0.15, -0.1) is 0 Å². The number of carbonyl (C=O) groups excluding carboxylic acids is 2. The minimum absolute atomic E-state index is 0.147. The van der Waals surface area contributed by atoms with Crippen molar-refractivity contribution >= 4 is 27.7 Å². The summed E-state index contributed by atoms with van der Waals surface area (Å²) in [5, 5.41) is 2.93. The van der Waals surface area contributed by atoms with E-state index in [1.807, 2.05) is 58.0 Å². The minimum Gasteiger partial charge on any atom is -0.350 e. The lowest BCUT2D eigenvalue weighted by Crippen LogP contribution is -2.56. The van der Waals surface area contributed by atoms with E-state index in [1.165, 1.54) is 31.1 Å². The first-order valence-electron chi connectivity index (χ1n) is 11.9. The highest BCUT2D eigenvalue weighted by Gasteiger charge is 2.34. The van der Waals surface area contributed by atoms with Crippen molar-refractivity contribution < 1.29 is 22.4 Å². The third-order valence-corrected chi connectivity index (χ3v) is 7.32. The van der Waals surface area contributed by atoms with Crippen molar-refractivity contribution in [3.63, 3.8) is 0 Å². The van der Waals surface area contributed by atoms with Gasteiger partial charge in [-0.25, -0.2) is 8.70 Å². The van der Waals surface area contributed by atoms with E-state index in [1.54, 1.807) is 0 Å². The average molecular weight is 521 g/mol. The van der Waals surface area contributed by atoms with Crippen LogP contribution in [0.25, 0.3) is 0 Å². The molecule has 0 aliphatic heterocycles. The maximum atomic E-state index is 13.7. The molecule has 0 unspecified atom stereocenters. The molecule has 0 bridgehead atoms. The molecular weight excluding hydrogens is 483 g/mol. The number of benzene rings is 2. The van der Waals surface area contributed by atoms with Gasteiger partial charge in [-0.05, 0) is 63.4 Å². The van der Waals surface area contributed by atoms with Crippen LogP contribution in [0.4, 0.5) is 10.1 Å². The van der Waals surface area contributed by atoms with Crippen LogP contribution in [0.5, 0.6) is 0 Å². The van der Waals surface area contributed by atoms with Crippen LogP contribution < -0.4 is 9.62 Å². The number of carbonyl (C=O) groups is 2. The lowest BCUT2D eigenvalue weighted by atomic mass is 10.1. The molecule has 36 heavy (non-hydrogen) atoms. The van der Waals surface area contributed by atoms with Crippen molar-refractivity contribution in [2.24, 2.45) is 0 Å². The van der Waals surface area contributed by atoms with Crippen LogP contribution in [-0.4, -0.2) is 68.2 Å². The van der Waals surface area contributed by atoms with Gasteiger partial charge in [0, 0.05) is 26.2 Å². The van der Waals surface area contributed by atoms with E-state index in [4.69, 9.17) is 0 Å². The molecule has 1 atom stereocenters. The van der Waals surface area contributed by atoms with Gasteiger partial charge >= 0.3 is 10.2 Å². The minimum atomic E-state index is -4.09. The summed E-state index contributed by atoms with van der Waals surface area (Å²) >= 11 is 0. The van der Waals surface area contributed by atoms with Gasteiger partial charge in [-0.2, -0.15) is 12.7 Å². The highest BCUT2D eigenvalue weighted by atomic mass is 32.2. The molecule has 0 spiro atoms. The molecule has 1 N–H and O–H groups in total. The van der Waals surface area contributed by atoms with Gasteiger partial charge in [0.15, 0.2) is 0 Å². The van der Waals surface area contributed by atoms with Gasteiger partial charge in [0.1, 0.15) is 18.4 Å². The normalized spacial score (nSPS) is 12.8. The molecule has 2 aromatic carbocycles. The van der Waals surface area contributed by atoms with E-state index in [-0.39, 0.29) is 18.1 Å². The fourth-order valence-electron chi connectivity index (χ4n) is 3.67. The summed E-state index contributed by atoms with van der Waals surface area (Å²) in [6.07, 6.45) is 0.836. The van der Waals surface area contributed by atoms with E-state index in [2.05, 4.69) is 5.32 Å². The highest BCUT2D eigenvalue weighted by Crippen LogP contribution is 2.21. The summed E-state index contributed by atoms with van der Waals surface area (Å²) in [6.45, 7) is 7.05. The Labute approximate surface area is 214 Å².